The average Bonchev–Trinajstić information content (AvgIpc) is 3.45. The molecule has 0 radical (unpaired) electrons. The average molecular weight is 501 g/mol. The third kappa shape index (κ3) is 4.49. The van der Waals surface area contributed by atoms with Gasteiger partial charge in [-0.2, -0.15) is 4.36 Å². The predicted octanol–water partition coefficient (Wildman–Crippen LogP) is 4.58. The number of nitrogens with zero attached hydrogens (tertiary/aromatic N) is 4. The van der Waals surface area contributed by atoms with Crippen LogP contribution in [-0.4, -0.2) is 36.2 Å². The monoisotopic (exact) mass is 500 g/mol. The van der Waals surface area contributed by atoms with E-state index in [0.29, 0.717) is 23.9 Å². The summed E-state index contributed by atoms with van der Waals surface area (Å²) < 4.78 is 19.5. The van der Waals surface area contributed by atoms with Gasteiger partial charge in [-0.1, -0.05) is 43.0 Å². The Bertz CT molecular complexity index is 1570. The first-order chi connectivity index (χ1) is 17.4. The second-order valence-electron chi connectivity index (χ2n) is 8.89. The molecule has 3 heterocycles. The minimum Gasteiger partial charge on any atom is -0.383 e. The number of nitrogens with one attached hydrogen (secondary N) is 1. The molecule has 5 rings (SSSR count). The molecular weight excluding hydrogens is 472 g/mol. The van der Waals surface area contributed by atoms with Crippen molar-refractivity contribution in [2.75, 3.05) is 17.2 Å². The number of rotatable bonds is 6. The van der Waals surface area contributed by atoms with Gasteiger partial charge in [0.25, 0.3) is 0 Å². The number of anilines is 1. The maximum Gasteiger partial charge on any atom is 0.243 e. The van der Waals surface area contributed by atoms with Crippen LogP contribution in [0.25, 0.3) is 33.4 Å². The Morgan fingerprint density at radius 3 is 2.44 bits per heavy atom. The highest BCUT2D eigenvalue weighted by Crippen LogP contribution is 2.42. The van der Waals surface area contributed by atoms with E-state index in [0.717, 1.165) is 57.5 Å². The third-order valence-corrected chi connectivity index (χ3v) is 8.88. The molecule has 36 heavy (non-hydrogen) atoms. The van der Waals surface area contributed by atoms with E-state index in [1.807, 2.05) is 60.1 Å². The molecule has 1 aliphatic heterocycles. The zero-order valence-corrected chi connectivity index (χ0v) is 20.9. The molecule has 4 aromatic rings. The molecule has 9 heteroatoms. The number of nitrogens with two attached hydrogens (primary N) is 1. The first kappa shape index (κ1) is 23.7. The van der Waals surface area contributed by atoms with E-state index in [4.69, 9.17) is 5.73 Å². The molecule has 0 spiro atoms. The van der Waals surface area contributed by atoms with Crippen LogP contribution in [-0.2, 0) is 28.1 Å². The molecule has 0 bridgehead atoms. The largest absolute Gasteiger partial charge is 0.383 e. The van der Waals surface area contributed by atoms with Gasteiger partial charge in [-0.25, -0.2) is 14.2 Å². The van der Waals surface area contributed by atoms with Crippen molar-refractivity contribution >= 4 is 38.2 Å². The topological polar surface area (TPSA) is 115 Å². The van der Waals surface area contributed by atoms with Crippen LogP contribution in [0.5, 0.6) is 0 Å². The lowest BCUT2D eigenvalue weighted by Crippen LogP contribution is -2.19. The highest BCUT2D eigenvalue weighted by atomic mass is 32.2. The normalized spacial score (nSPS) is 14.6. The minimum absolute atomic E-state index is 0.211. The molecule has 1 amide bonds. The molecule has 8 nitrogen and oxygen atoms in total. The highest BCUT2D eigenvalue weighted by molar-refractivity contribution is 7.93. The van der Waals surface area contributed by atoms with Gasteiger partial charge in [-0.15, -0.1) is 0 Å². The Morgan fingerprint density at radius 1 is 1.11 bits per heavy atom. The quantitative estimate of drug-likeness (QED) is 0.376. The lowest BCUT2D eigenvalue weighted by atomic mass is 9.98. The number of fused-ring (bicyclic) bond motifs is 1. The van der Waals surface area contributed by atoms with E-state index in [1.54, 1.807) is 0 Å². The summed E-state index contributed by atoms with van der Waals surface area (Å²) in [5, 5.41) is 3.57. The SMILES string of the molecule is C=CC(=O)NCc1ccc(-c2c(-c3ccc(N=S4(=O)CCCC4)cc3)c3c(N)ncnc3n2C)cc1. The van der Waals surface area contributed by atoms with Gasteiger partial charge < -0.3 is 15.6 Å². The van der Waals surface area contributed by atoms with Crippen molar-refractivity contribution in [2.45, 2.75) is 19.4 Å². The molecule has 0 saturated carbocycles. The van der Waals surface area contributed by atoms with E-state index >= 15 is 0 Å². The maximum atomic E-state index is 12.9. The number of carbonyl (C=O) groups is 1. The van der Waals surface area contributed by atoms with Gasteiger partial charge in [0.1, 0.15) is 17.8 Å². The van der Waals surface area contributed by atoms with Gasteiger partial charge in [0.2, 0.25) is 5.91 Å². The number of amides is 1. The van der Waals surface area contributed by atoms with Crippen molar-refractivity contribution in [1.82, 2.24) is 19.9 Å². The first-order valence-corrected chi connectivity index (χ1v) is 13.7. The first-order valence-electron chi connectivity index (χ1n) is 11.8. The van der Waals surface area contributed by atoms with Crippen molar-refractivity contribution in [3.8, 4) is 22.4 Å². The molecule has 1 aliphatic rings. The molecule has 2 aromatic heterocycles. The number of benzene rings is 2. The summed E-state index contributed by atoms with van der Waals surface area (Å²) in [7, 11) is -0.181. The van der Waals surface area contributed by atoms with Gasteiger partial charge in [-0.05, 0) is 47.7 Å². The summed E-state index contributed by atoms with van der Waals surface area (Å²) in [6.45, 7) is 3.90. The molecule has 1 saturated heterocycles. The summed E-state index contributed by atoms with van der Waals surface area (Å²) in [4.78, 5) is 20.3. The number of hydrogen-bond donors (Lipinski definition) is 2. The van der Waals surface area contributed by atoms with Crippen LogP contribution in [0.4, 0.5) is 11.5 Å². The lowest BCUT2D eigenvalue weighted by molar-refractivity contribution is -0.116. The van der Waals surface area contributed by atoms with Gasteiger partial charge >= 0.3 is 0 Å². The zero-order valence-electron chi connectivity index (χ0n) is 20.1. The maximum absolute atomic E-state index is 12.9. The van der Waals surface area contributed by atoms with Crippen LogP contribution in [0.15, 0.2) is 71.9 Å². The van der Waals surface area contributed by atoms with Crippen LogP contribution in [0.3, 0.4) is 0 Å². The molecule has 3 N–H and O–H groups in total. The van der Waals surface area contributed by atoms with E-state index in [-0.39, 0.29) is 5.91 Å². The fraction of sp³-hybridized carbons (Fsp3) is 0.222. The number of hydrogen-bond acceptors (Lipinski definition) is 6. The molecule has 0 unspecified atom stereocenters. The second-order valence-corrected chi connectivity index (χ2v) is 11.4. The Balaban J connectivity index is 1.59. The van der Waals surface area contributed by atoms with Crippen molar-refractivity contribution in [3.63, 3.8) is 0 Å². The van der Waals surface area contributed by atoms with Crippen LogP contribution in [0.1, 0.15) is 18.4 Å². The predicted molar refractivity (Wildman–Crippen MR) is 145 cm³/mol. The summed E-state index contributed by atoms with van der Waals surface area (Å²) in [5.41, 5.74) is 12.6. The highest BCUT2D eigenvalue weighted by Gasteiger charge is 2.22. The summed E-state index contributed by atoms with van der Waals surface area (Å²) in [6.07, 6.45) is 4.67. The number of carbonyl (C=O) groups excluding carboxylic acids is 1. The molecule has 0 atom stereocenters. The van der Waals surface area contributed by atoms with Crippen molar-refractivity contribution < 1.29 is 9.00 Å². The fourth-order valence-electron chi connectivity index (χ4n) is 4.67. The van der Waals surface area contributed by atoms with E-state index in [1.165, 1.54) is 12.4 Å². The number of nitrogen functional groups attached to an aromatic ring is 1. The standard InChI is InChI=1S/C27H28N6O2S/c1-3-22(34)29-16-18-6-8-20(9-7-18)25-23(24-26(28)30-17-31-27(24)33(25)2)19-10-12-21(13-11-19)32-36(35)14-4-5-15-36/h3,6-13,17H,1,4-5,14-16H2,2H3,(H,29,34)(H2,28,30,31). The number of aryl methyl sites for hydroxylation is 1. The Morgan fingerprint density at radius 2 is 1.78 bits per heavy atom. The van der Waals surface area contributed by atoms with Crippen LogP contribution < -0.4 is 11.1 Å². The van der Waals surface area contributed by atoms with Crippen molar-refractivity contribution in [2.24, 2.45) is 11.4 Å². The lowest BCUT2D eigenvalue weighted by Gasteiger charge is -2.11. The van der Waals surface area contributed by atoms with E-state index in [2.05, 4.69) is 26.2 Å². The zero-order chi connectivity index (χ0) is 25.3. The Labute approximate surface area is 210 Å². The molecule has 2 aromatic carbocycles. The molecule has 0 aliphatic carbocycles. The Kier molecular flexibility index (Phi) is 6.32. The third-order valence-electron chi connectivity index (χ3n) is 6.48. The van der Waals surface area contributed by atoms with E-state index in [9.17, 15) is 9.00 Å². The minimum atomic E-state index is -2.14. The van der Waals surface area contributed by atoms with Crippen molar-refractivity contribution in [3.05, 3.63) is 73.1 Å². The Hall–Kier alpha value is -3.98. The van der Waals surface area contributed by atoms with E-state index < -0.39 is 9.73 Å². The van der Waals surface area contributed by atoms with Crippen molar-refractivity contribution in [1.29, 1.82) is 0 Å². The van der Waals surface area contributed by atoms with Gasteiger partial charge in [0, 0.05) is 30.7 Å². The fourth-order valence-corrected chi connectivity index (χ4v) is 6.87. The summed E-state index contributed by atoms with van der Waals surface area (Å²) in [6, 6.07) is 15.8. The van der Waals surface area contributed by atoms with Crippen LogP contribution >= 0.6 is 0 Å². The van der Waals surface area contributed by atoms with Gasteiger partial charge in [0.05, 0.1) is 26.5 Å². The van der Waals surface area contributed by atoms with Crippen LogP contribution in [0, 0.1) is 0 Å². The van der Waals surface area contributed by atoms with Gasteiger partial charge in [0.15, 0.2) is 0 Å². The smallest absolute Gasteiger partial charge is 0.243 e. The van der Waals surface area contributed by atoms with Crippen LogP contribution in [0.2, 0.25) is 0 Å². The summed E-state index contributed by atoms with van der Waals surface area (Å²) >= 11 is 0. The summed E-state index contributed by atoms with van der Waals surface area (Å²) in [5.74, 6) is 1.53. The molecule has 184 valence electrons. The molecular formula is C27H28N6O2S. The van der Waals surface area contributed by atoms with Gasteiger partial charge in [-0.3, -0.25) is 4.79 Å². The molecule has 1 fully saturated rings. The number of aromatic nitrogens is 3. The second kappa shape index (κ2) is 9.58.